The van der Waals surface area contributed by atoms with Crippen molar-refractivity contribution in [2.75, 3.05) is 13.7 Å². The smallest absolute Gasteiger partial charge is 0.378 e. The van der Waals surface area contributed by atoms with Crippen LogP contribution in [0, 0.1) is 0 Å². The van der Waals surface area contributed by atoms with Crippen LogP contribution in [0.15, 0.2) is 12.3 Å². The maximum absolute atomic E-state index is 10.8. The lowest BCUT2D eigenvalue weighted by atomic mass is 10.4. The van der Waals surface area contributed by atoms with Crippen LogP contribution in [-0.4, -0.2) is 25.5 Å². The Labute approximate surface area is 77.5 Å². The van der Waals surface area contributed by atoms with Gasteiger partial charge in [0.1, 0.15) is 0 Å². The molecule has 0 amide bonds. The van der Waals surface area contributed by atoms with Crippen LogP contribution in [0.5, 0.6) is 0 Å². The molecule has 0 aliphatic carbocycles. The summed E-state index contributed by atoms with van der Waals surface area (Å²) < 4.78 is 9.13. The molecule has 0 fully saturated rings. The van der Waals surface area contributed by atoms with Crippen molar-refractivity contribution in [1.29, 1.82) is 0 Å². The molecular weight excluding hydrogens is 172 g/mol. The van der Waals surface area contributed by atoms with Crippen LogP contribution in [0.2, 0.25) is 0 Å². The van der Waals surface area contributed by atoms with Crippen LogP contribution in [0.4, 0.5) is 0 Å². The van der Waals surface area contributed by atoms with E-state index >= 15 is 0 Å². The standard InChI is InChI=1S/C9H14O4/c1-3-4-6-13-7-5-8(10)9(11)12-2/h5,7H,3-4,6H2,1-2H3/b7-5+. The predicted octanol–water partition coefficient (Wildman–Crippen LogP) is 1.06. The quantitative estimate of drug-likeness (QED) is 0.204. The Hall–Kier alpha value is -1.32. The second-order valence-electron chi connectivity index (χ2n) is 2.38. The van der Waals surface area contributed by atoms with Gasteiger partial charge in [0.15, 0.2) is 0 Å². The van der Waals surface area contributed by atoms with Crippen molar-refractivity contribution in [1.82, 2.24) is 0 Å². The van der Waals surface area contributed by atoms with Gasteiger partial charge in [-0.15, -0.1) is 0 Å². The fourth-order valence-corrected chi connectivity index (χ4v) is 0.574. The van der Waals surface area contributed by atoms with E-state index in [2.05, 4.69) is 4.74 Å². The minimum Gasteiger partial charge on any atom is -0.501 e. The van der Waals surface area contributed by atoms with Gasteiger partial charge in [0.05, 0.1) is 20.0 Å². The number of hydrogen-bond acceptors (Lipinski definition) is 4. The maximum atomic E-state index is 10.8. The number of ketones is 1. The van der Waals surface area contributed by atoms with E-state index < -0.39 is 11.8 Å². The van der Waals surface area contributed by atoms with Gasteiger partial charge in [0.2, 0.25) is 0 Å². The molecule has 4 heteroatoms. The number of hydrogen-bond donors (Lipinski definition) is 0. The second-order valence-corrected chi connectivity index (χ2v) is 2.38. The van der Waals surface area contributed by atoms with E-state index in [-0.39, 0.29) is 0 Å². The Morgan fingerprint density at radius 1 is 1.38 bits per heavy atom. The zero-order chi connectivity index (χ0) is 10.1. The SMILES string of the molecule is CCCCO/C=C/C(=O)C(=O)OC. The lowest BCUT2D eigenvalue weighted by molar-refractivity contribution is -0.149. The first-order valence-electron chi connectivity index (χ1n) is 4.12. The first-order chi connectivity index (χ1) is 6.22. The number of rotatable bonds is 6. The normalized spacial score (nSPS) is 10.0. The van der Waals surface area contributed by atoms with E-state index in [1.54, 1.807) is 0 Å². The van der Waals surface area contributed by atoms with E-state index in [9.17, 15) is 9.59 Å². The molecule has 0 aliphatic heterocycles. The average Bonchev–Trinajstić information content (AvgIpc) is 2.16. The monoisotopic (exact) mass is 186 g/mol. The molecule has 0 rings (SSSR count). The van der Waals surface area contributed by atoms with Crippen molar-refractivity contribution < 1.29 is 19.1 Å². The summed E-state index contributed by atoms with van der Waals surface area (Å²) in [5, 5.41) is 0. The highest BCUT2D eigenvalue weighted by atomic mass is 16.5. The summed E-state index contributed by atoms with van der Waals surface area (Å²) >= 11 is 0. The van der Waals surface area contributed by atoms with Crippen LogP contribution < -0.4 is 0 Å². The largest absolute Gasteiger partial charge is 0.501 e. The van der Waals surface area contributed by atoms with Crippen LogP contribution in [0.25, 0.3) is 0 Å². The molecule has 0 spiro atoms. The van der Waals surface area contributed by atoms with Gasteiger partial charge >= 0.3 is 5.97 Å². The molecule has 0 aromatic rings. The van der Waals surface area contributed by atoms with Gasteiger partial charge in [-0.1, -0.05) is 13.3 Å². The van der Waals surface area contributed by atoms with Crippen molar-refractivity contribution in [2.45, 2.75) is 19.8 Å². The third-order valence-electron chi connectivity index (χ3n) is 1.32. The molecule has 0 atom stereocenters. The first-order valence-corrected chi connectivity index (χ1v) is 4.12. The molecule has 0 aromatic carbocycles. The van der Waals surface area contributed by atoms with Crippen molar-refractivity contribution in [3.63, 3.8) is 0 Å². The Kier molecular flexibility index (Phi) is 6.59. The van der Waals surface area contributed by atoms with Gasteiger partial charge in [0, 0.05) is 6.08 Å². The van der Waals surface area contributed by atoms with Crippen molar-refractivity contribution in [3.05, 3.63) is 12.3 Å². The van der Waals surface area contributed by atoms with E-state index in [0.29, 0.717) is 6.61 Å². The third-order valence-corrected chi connectivity index (χ3v) is 1.32. The highest BCUT2D eigenvalue weighted by molar-refractivity contribution is 6.38. The van der Waals surface area contributed by atoms with Crippen molar-refractivity contribution >= 4 is 11.8 Å². The van der Waals surface area contributed by atoms with Crippen molar-refractivity contribution in [2.24, 2.45) is 0 Å². The minimum atomic E-state index is -0.879. The molecule has 0 bridgehead atoms. The number of methoxy groups -OCH3 is 1. The maximum Gasteiger partial charge on any atom is 0.378 e. The first kappa shape index (κ1) is 11.7. The molecule has 13 heavy (non-hydrogen) atoms. The number of carbonyl (C=O) groups excluding carboxylic acids is 2. The summed E-state index contributed by atoms with van der Waals surface area (Å²) in [6, 6.07) is 0. The molecular formula is C9H14O4. The summed E-state index contributed by atoms with van der Waals surface area (Å²) in [5.74, 6) is -1.59. The van der Waals surface area contributed by atoms with E-state index in [4.69, 9.17) is 4.74 Å². The van der Waals surface area contributed by atoms with Crippen molar-refractivity contribution in [3.8, 4) is 0 Å². The van der Waals surface area contributed by atoms with Crippen LogP contribution in [0.3, 0.4) is 0 Å². The Morgan fingerprint density at radius 3 is 2.62 bits per heavy atom. The molecule has 0 N–H and O–H groups in total. The Bertz CT molecular complexity index is 196. The molecule has 74 valence electrons. The number of carbonyl (C=O) groups is 2. The highest BCUT2D eigenvalue weighted by Crippen LogP contribution is 1.89. The summed E-state index contributed by atoms with van der Waals surface area (Å²) in [4.78, 5) is 21.3. The molecule has 0 radical (unpaired) electrons. The lowest BCUT2D eigenvalue weighted by Crippen LogP contribution is -2.12. The second kappa shape index (κ2) is 7.34. The zero-order valence-corrected chi connectivity index (χ0v) is 7.91. The van der Waals surface area contributed by atoms with Crippen LogP contribution in [-0.2, 0) is 19.1 Å². The minimum absolute atomic E-state index is 0.557. The van der Waals surface area contributed by atoms with E-state index in [1.807, 2.05) is 6.92 Å². The van der Waals surface area contributed by atoms with Gasteiger partial charge in [-0.2, -0.15) is 0 Å². The van der Waals surface area contributed by atoms with Crippen LogP contribution in [0.1, 0.15) is 19.8 Å². The van der Waals surface area contributed by atoms with Gasteiger partial charge in [-0.3, -0.25) is 4.79 Å². The van der Waals surface area contributed by atoms with Gasteiger partial charge in [-0.25, -0.2) is 4.79 Å². The van der Waals surface area contributed by atoms with E-state index in [1.165, 1.54) is 6.26 Å². The molecule has 0 unspecified atom stereocenters. The third kappa shape index (κ3) is 5.90. The average molecular weight is 186 g/mol. The molecule has 0 heterocycles. The lowest BCUT2D eigenvalue weighted by Gasteiger charge is -1.96. The van der Waals surface area contributed by atoms with Gasteiger partial charge in [-0.05, 0) is 6.42 Å². The molecule has 4 nitrogen and oxygen atoms in total. The van der Waals surface area contributed by atoms with Crippen LogP contribution >= 0.6 is 0 Å². The fraction of sp³-hybridized carbons (Fsp3) is 0.556. The van der Waals surface area contributed by atoms with E-state index in [0.717, 1.165) is 26.0 Å². The Balaban J connectivity index is 3.60. The predicted molar refractivity (Wildman–Crippen MR) is 47.0 cm³/mol. The fourth-order valence-electron chi connectivity index (χ4n) is 0.574. The summed E-state index contributed by atoms with van der Waals surface area (Å²) in [6.45, 7) is 2.59. The summed E-state index contributed by atoms with van der Waals surface area (Å²) in [5.41, 5.74) is 0. The molecule has 0 saturated heterocycles. The zero-order valence-electron chi connectivity index (χ0n) is 7.91. The highest BCUT2D eigenvalue weighted by Gasteiger charge is 2.08. The van der Waals surface area contributed by atoms with Gasteiger partial charge < -0.3 is 9.47 Å². The topological polar surface area (TPSA) is 52.6 Å². The number of ether oxygens (including phenoxy) is 2. The summed E-state index contributed by atoms with van der Waals surface area (Å²) in [6.07, 6.45) is 4.23. The number of unbranched alkanes of at least 4 members (excludes halogenated alkanes) is 1. The molecule has 0 aromatic heterocycles. The number of esters is 1. The summed E-state index contributed by atoms with van der Waals surface area (Å²) in [7, 11) is 1.16. The molecule has 0 aliphatic rings. The Morgan fingerprint density at radius 2 is 2.08 bits per heavy atom. The van der Waals surface area contributed by atoms with Gasteiger partial charge in [0.25, 0.3) is 5.78 Å². The molecule has 0 saturated carbocycles.